The molecule has 0 saturated carbocycles. The van der Waals surface area contributed by atoms with Crippen LogP contribution in [0.4, 0.5) is 5.69 Å². The molecule has 1 amide bonds. The number of fused-ring (bicyclic) bond motifs is 1. The molecule has 2 unspecified atom stereocenters. The van der Waals surface area contributed by atoms with Gasteiger partial charge in [-0.3, -0.25) is 15.2 Å². The third kappa shape index (κ3) is 3.10. The van der Waals surface area contributed by atoms with Gasteiger partial charge in [-0.1, -0.05) is 29.8 Å². The van der Waals surface area contributed by atoms with Crippen LogP contribution in [0.15, 0.2) is 47.4 Å². The standard InChI is InChI=1S/C16H16ClN3O2S/c1-10-8-11-4-2-3-5-14(11)20(10)19-16(21)12-6-7-13(17)15(9-12)23(18)22/h2-7,9-10H,8,18H2,1H3,(H,19,21). The molecule has 120 valence electrons. The zero-order valence-corrected chi connectivity index (χ0v) is 14.0. The second-order valence-electron chi connectivity index (χ2n) is 5.44. The molecule has 1 aliphatic heterocycles. The average Bonchev–Trinajstić information content (AvgIpc) is 2.83. The summed E-state index contributed by atoms with van der Waals surface area (Å²) in [6.07, 6.45) is 0.870. The molecule has 2 aromatic carbocycles. The molecular formula is C16H16ClN3O2S. The number of rotatable bonds is 3. The van der Waals surface area contributed by atoms with Crippen LogP contribution in [0.2, 0.25) is 5.02 Å². The third-order valence-electron chi connectivity index (χ3n) is 3.84. The van der Waals surface area contributed by atoms with Crippen molar-refractivity contribution in [3.8, 4) is 0 Å². The lowest BCUT2D eigenvalue weighted by molar-refractivity contribution is 0.0946. The Kier molecular flexibility index (Phi) is 4.39. The summed E-state index contributed by atoms with van der Waals surface area (Å²) in [5.74, 6) is -0.295. The lowest BCUT2D eigenvalue weighted by Gasteiger charge is -2.25. The van der Waals surface area contributed by atoms with Crippen molar-refractivity contribution in [2.24, 2.45) is 5.14 Å². The highest BCUT2D eigenvalue weighted by Crippen LogP contribution is 2.30. The summed E-state index contributed by atoms with van der Waals surface area (Å²) in [6, 6.07) is 12.7. The van der Waals surface area contributed by atoms with Gasteiger partial charge >= 0.3 is 0 Å². The van der Waals surface area contributed by atoms with Crippen LogP contribution in [0, 0.1) is 0 Å². The Hall–Kier alpha value is -1.89. The van der Waals surface area contributed by atoms with Crippen LogP contribution in [0.1, 0.15) is 22.8 Å². The van der Waals surface area contributed by atoms with Crippen LogP contribution in [0.25, 0.3) is 0 Å². The SMILES string of the molecule is CC1Cc2ccccc2N1NC(=O)c1ccc(Cl)c(S(N)=O)c1. The predicted molar refractivity (Wildman–Crippen MR) is 91.6 cm³/mol. The van der Waals surface area contributed by atoms with Gasteiger partial charge in [0.2, 0.25) is 0 Å². The molecule has 2 atom stereocenters. The number of nitrogens with one attached hydrogen (secondary N) is 1. The quantitative estimate of drug-likeness (QED) is 0.893. The largest absolute Gasteiger partial charge is 0.282 e. The molecule has 0 radical (unpaired) electrons. The van der Waals surface area contributed by atoms with Crippen LogP contribution in [-0.2, 0) is 17.4 Å². The Bertz CT molecular complexity index is 797. The van der Waals surface area contributed by atoms with Crippen LogP contribution in [0.5, 0.6) is 0 Å². The van der Waals surface area contributed by atoms with Gasteiger partial charge in [0.25, 0.3) is 5.91 Å². The van der Waals surface area contributed by atoms with Crippen LogP contribution < -0.4 is 15.6 Å². The van der Waals surface area contributed by atoms with Gasteiger partial charge in [-0.25, -0.2) is 9.35 Å². The smallest absolute Gasteiger partial charge is 0.269 e. The van der Waals surface area contributed by atoms with Gasteiger partial charge < -0.3 is 0 Å². The fourth-order valence-electron chi connectivity index (χ4n) is 2.71. The molecule has 7 heteroatoms. The van der Waals surface area contributed by atoms with E-state index in [0.717, 1.165) is 12.1 Å². The Labute approximate surface area is 142 Å². The fraction of sp³-hybridized carbons (Fsp3) is 0.188. The zero-order valence-electron chi connectivity index (χ0n) is 12.5. The van der Waals surface area contributed by atoms with Crippen molar-refractivity contribution in [2.45, 2.75) is 24.3 Å². The minimum absolute atomic E-state index is 0.159. The minimum Gasteiger partial charge on any atom is -0.282 e. The first kappa shape index (κ1) is 16.0. The first-order valence-corrected chi connectivity index (χ1v) is 8.70. The van der Waals surface area contributed by atoms with Gasteiger partial charge in [-0.15, -0.1) is 0 Å². The number of carbonyl (C=O) groups is 1. The summed E-state index contributed by atoms with van der Waals surface area (Å²) in [7, 11) is -1.74. The van der Waals surface area contributed by atoms with Gasteiger partial charge in [-0.2, -0.15) is 0 Å². The summed E-state index contributed by atoms with van der Waals surface area (Å²) in [4.78, 5) is 12.8. The van der Waals surface area contributed by atoms with Gasteiger partial charge in [0.1, 0.15) is 11.0 Å². The van der Waals surface area contributed by atoms with Gasteiger partial charge in [0.05, 0.1) is 21.6 Å². The number of nitrogens with zero attached hydrogens (tertiary/aromatic N) is 1. The van der Waals surface area contributed by atoms with Crippen molar-refractivity contribution in [3.05, 3.63) is 58.6 Å². The predicted octanol–water partition coefficient (Wildman–Crippen LogP) is 2.42. The first-order chi connectivity index (χ1) is 11.0. The monoisotopic (exact) mass is 349 g/mol. The van der Waals surface area contributed by atoms with E-state index < -0.39 is 11.0 Å². The molecule has 23 heavy (non-hydrogen) atoms. The van der Waals surface area contributed by atoms with Crippen molar-refractivity contribution >= 4 is 34.2 Å². The number of hydrogen-bond acceptors (Lipinski definition) is 3. The molecule has 0 bridgehead atoms. The summed E-state index contributed by atoms with van der Waals surface area (Å²) in [5.41, 5.74) is 5.44. The second-order valence-corrected chi connectivity index (χ2v) is 6.88. The zero-order chi connectivity index (χ0) is 16.6. The molecule has 0 aromatic heterocycles. The molecule has 0 saturated heterocycles. The number of anilines is 1. The molecule has 0 spiro atoms. The normalized spacial score (nSPS) is 17.7. The maximum Gasteiger partial charge on any atom is 0.269 e. The van der Waals surface area contributed by atoms with Crippen LogP contribution in [-0.4, -0.2) is 16.2 Å². The maximum atomic E-state index is 12.5. The Morgan fingerprint density at radius 3 is 2.83 bits per heavy atom. The first-order valence-electron chi connectivity index (χ1n) is 7.11. The molecule has 1 heterocycles. The molecule has 3 N–H and O–H groups in total. The molecule has 3 rings (SSSR count). The number of hydrogen-bond donors (Lipinski definition) is 2. The van der Waals surface area contributed by atoms with Crippen LogP contribution >= 0.6 is 11.6 Å². The summed E-state index contributed by atoms with van der Waals surface area (Å²) in [5, 5.41) is 7.51. The molecule has 2 aromatic rings. The highest BCUT2D eigenvalue weighted by atomic mass is 35.5. The Balaban J connectivity index is 1.85. The van der Waals surface area contributed by atoms with E-state index >= 15 is 0 Å². The van der Waals surface area contributed by atoms with Crippen molar-refractivity contribution in [1.82, 2.24) is 5.43 Å². The molecular weight excluding hydrogens is 334 g/mol. The van der Waals surface area contributed by atoms with Crippen molar-refractivity contribution < 1.29 is 9.00 Å². The lowest BCUT2D eigenvalue weighted by atomic mass is 10.1. The van der Waals surface area contributed by atoms with E-state index in [9.17, 15) is 9.00 Å². The Morgan fingerprint density at radius 2 is 2.09 bits per heavy atom. The number of hydrazine groups is 1. The van der Waals surface area contributed by atoms with Gasteiger partial charge in [-0.05, 0) is 43.2 Å². The van der Waals surface area contributed by atoms with Gasteiger partial charge in [0.15, 0.2) is 0 Å². The van der Waals surface area contributed by atoms with E-state index in [-0.39, 0.29) is 21.9 Å². The number of para-hydroxylation sites is 1. The summed E-state index contributed by atoms with van der Waals surface area (Å²) in [6.45, 7) is 2.04. The van der Waals surface area contributed by atoms with Crippen molar-refractivity contribution in [2.75, 3.05) is 5.01 Å². The number of carbonyl (C=O) groups excluding carboxylic acids is 1. The molecule has 0 fully saturated rings. The summed E-state index contributed by atoms with van der Waals surface area (Å²) < 4.78 is 11.5. The average molecular weight is 350 g/mol. The van der Waals surface area contributed by atoms with E-state index in [2.05, 4.69) is 11.5 Å². The van der Waals surface area contributed by atoms with Gasteiger partial charge in [0, 0.05) is 5.56 Å². The minimum atomic E-state index is -1.74. The number of halogens is 1. The van der Waals surface area contributed by atoms with E-state index in [1.54, 1.807) is 6.07 Å². The van der Waals surface area contributed by atoms with Crippen molar-refractivity contribution in [1.29, 1.82) is 0 Å². The second kappa shape index (κ2) is 6.31. The topological polar surface area (TPSA) is 75.4 Å². The maximum absolute atomic E-state index is 12.5. The van der Waals surface area contributed by atoms with Crippen molar-refractivity contribution in [3.63, 3.8) is 0 Å². The number of benzene rings is 2. The number of nitrogens with two attached hydrogens (primary N) is 1. The molecule has 1 aliphatic rings. The van der Waals surface area contributed by atoms with E-state index in [4.69, 9.17) is 16.7 Å². The third-order valence-corrected chi connectivity index (χ3v) is 5.05. The molecule has 0 aliphatic carbocycles. The summed E-state index contributed by atoms with van der Waals surface area (Å²) >= 11 is 5.94. The number of amides is 1. The highest BCUT2D eigenvalue weighted by Gasteiger charge is 2.27. The van der Waals surface area contributed by atoms with Crippen LogP contribution in [0.3, 0.4) is 0 Å². The van der Waals surface area contributed by atoms with E-state index in [1.807, 2.05) is 30.1 Å². The van der Waals surface area contributed by atoms with E-state index in [1.165, 1.54) is 17.7 Å². The lowest BCUT2D eigenvalue weighted by Crippen LogP contribution is -2.45. The fourth-order valence-corrected chi connectivity index (χ4v) is 3.56. The Morgan fingerprint density at radius 1 is 1.35 bits per heavy atom. The highest BCUT2D eigenvalue weighted by molar-refractivity contribution is 7.82. The van der Waals surface area contributed by atoms with E-state index in [0.29, 0.717) is 5.56 Å². The molecule has 5 nitrogen and oxygen atoms in total.